The molecule has 5 nitrogen and oxygen atoms in total. The third kappa shape index (κ3) is 3.78. The first-order valence-corrected chi connectivity index (χ1v) is 15.5. The number of carbonyl (C=O) groups is 3. The zero-order chi connectivity index (χ0) is 28.8. The second-order valence-electron chi connectivity index (χ2n) is 16.2. The smallest absolute Gasteiger partial charge is 0.220 e. The molecule has 5 aliphatic rings. The SMILES string of the molecule is CCNC(=O)C[C@@]12CCC(C)(C)C[C@@H]1[C@H]1C(=O)C[C@@H]3[C@@]4(C)C=C(C#N)C(=O)C(C)(C)[C@@H]4CC[C@@]3(C)[C@]1(C)CC2. The Kier molecular flexibility index (Phi) is 6.42. The van der Waals surface area contributed by atoms with Crippen LogP contribution in [0.2, 0.25) is 0 Å². The first-order valence-electron chi connectivity index (χ1n) is 15.5. The van der Waals surface area contributed by atoms with E-state index in [2.05, 4.69) is 46.0 Å². The molecule has 0 aromatic rings. The maximum absolute atomic E-state index is 14.6. The molecule has 5 heteroatoms. The van der Waals surface area contributed by atoms with Crippen molar-refractivity contribution < 1.29 is 14.4 Å². The van der Waals surface area contributed by atoms with E-state index in [4.69, 9.17) is 0 Å². The molecular weight excluding hydrogens is 484 g/mol. The number of hydrogen-bond acceptors (Lipinski definition) is 4. The summed E-state index contributed by atoms with van der Waals surface area (Å²) in [6, 6.07) is 2.22. The topological polar surface area (TPSA) is 87.0 Å². The molecule has 5 rings (SSSR count). The molecule has 0 radical (unpaired) electrons. The number of Topliss-reactive ketones (excluding diaryl/α,β-unsaturated/α-hetero) is 2. The minimum atomic E-state index is -0.613. The summed E-state index contributed by atoms with van der Waals surface area (Å²) >= 11 is 0. The first kappa shape index (κ1) is 28.6. The molecule has 0 heterocycles. The van der Waals surface area contributed by atoms with E-state index >= 15 is 0 Å². The Morgan fingerprint density at radius 2 is 1.64 bits per heavy atom. The van der Waals surface area contributed by atoms with Crippen molar-refractivity contribution in [2.24, 2.45) is 56.2 Å². The number of allylic oxidation sites excluding steroid dienone is 2. The normalized spacial score (nSPS) is 46.0. The third-order valence-corrected chi connectivity index (χ3v) is 13.5. The predicted octanol–water partition coefficient (Wildman–Crippen LogP) is 6.81. The highest BCUT2D eigenvalue weighted by molar-refractivity contribution is 6.04. The summed E-state index contributed by atoms with van der Waals surface area (Å²) < 4.78 is 0. The zero-order valence-electron chi connectivity index (χ0n) is 25.6. The van der Waals surface area contributed by atoms with Gasteiger partial charge in [-0.3, -0.25) is 14.4 Å². The van der Waals surface area contributed by atoms with Crippen LogP contribution in [0.15, 0.2) is 11.6 Å². The second kappa shape index (κ2) is 8.77. The Morgan fingerprint density at radius 1 is 0.974 bits per heavy atom. The summed E-state index contributed by atoms with van der Waals surface area (Å²) in [5.74, 6) is 0.850. The van der Waals surface area contributed by atoms with Crippen molar-refractivity contribution in [3.05, 3.63) is 11.6 Å². The zero-order valence-corrected chi connectivity index (χ0v) is 25.6. The molecule has 5 aliphatic carbocycles. The van der Waals surface area contributed by atoms with Crippen LogP contribution in [-0.4, -0.2) is 24.0 Å². The van der Waals surface area contributed by atoms with Crippen LogP contribution in [0.1, 0.15) is 113 Å². The van der Waals surface area contributed by atoms with E-state index in [1.807, 2.05) is 26.8 Å². The average Bonchev–Trinajstić information content (AvgIpc) is 2.84. The lowest BCUT2D eigenvalue weighted by Gasteiger charge is -2.72. The molecule has 0 spiro atoms. The first-order chi connectivity index (χ1) is 18.0. The van der Waals surface area contributed by atoms with Gasteiger partial charge in [-0.2, -0.15) is 5.26 Å². The summed E-state index contributed by atoms with van der Waals surface area (Å²) in [5.41, 5.74) is -0.903. The fraction of sp³-hybridized carbons (Fsp3) is 0.824. The highest BCUT2D eigenvalue weighted by atomic mass is 16.2. The van der Waals surface area contributed by atoms with Gasteiger partial charge in [0.25, 0.3) is 0 Å². The van der Waals surface area contributed by atoms with Crippen LogP contribution in [0, 0.1) is 67.5 Å². The van der Waals surface area contributed by atoms with E-state index < -0.39 is 5.41 Å². The third-order valence-electron chi connectivity index (χ3n) is 13.5. The minimum Gasteiger partial charge on any atom is -0.356 e. The van der Waals surface area contributed by atoms with E-state index in [0.29, 0.717) is 25.2 Å². The minimum absolute atomic E-state index is 0.0421. The Bertz CT molecular complexity index is 1180. The van der Waals surface area contributed by atoms with Crippen molar-refractivity contribution in [3.63, 3.8) is 0 Å². The molecule has 0 aromatic heterocycles. The van der Waals surface area contributed by atoms with Gasteiger partial charge in [-0.15, -0.1) is 0 Å². The van der Waals surface area contributed by atoms with E-state index in [1.54, 1.807) is 0 Å². The van der Waals surface area contributed by atoms with Crippen LogP contribution in [0.4, 0.5) is 0 Å². The molecule has 8 atom stereocenters. The van der Waals surface area contributed by atoms with Crippen LogP contribution in [0.25, 0.3) is 0 Å². The van der Waals surface area contributed by atoms with Gasteiger partial charge in [-0.1, -0.05) is 54.5 Å². The van der Waals surface area contributed by atoms with Crippen molar-refractivity contribution in [3.8, 4) is 6.07 Å². The molecule has 1 amide bonds. The number of hydrogen-bond donors (Lipinski definition) is 1. The summed E-state index contributed by atoms with van der Waals surface area (Å²) in [4.78, 5) is 40.9. The van der Waals surface area contributed by atoms with E-state index in [-0.39, 0.29) is 68.0 Å². The summed E-state index contributed by atoms with van der Waals surface area (Å²) in [6.45, 7) is 18.4. The number of nitrogens with one attached hydrogen (secondary N) is 1. The highest BCUT2D eigenvalue weighted by Gasteiger charge is 2.72. The van der Waals surface area contributed by atoms with E-state index in [1.165, 1.54) is 0 Å². The van der Waals surface area contributed by atoms with Gasteiger partial charge < -0.3 is 5.32 Å². The molecule has 0 bridgehead atoms. The predicted molar refractivity (Wildman–Crippen MR) is 152 cm³/mol. The Labute approximate surface area is 235 Å². The number of nitrogens with zero attached hydrogens (tertiary/aromatic N) is 1. The van der Waals surface area contributed by atoms with Gasteiger partial charge >= 0.3 is 0 Å². The summed E-state index contributed by atoms with van der Waals surface area (Å²) in [6.07, 6.45) is 10.1. The number of carbonyl (C=O) groups excluding carboxylic acids is 3. The van der Waals surface area contributed by atoms with Gasteiger partial charge in [-0.25, -0.2) is 0 Å². The van der Waals surface area contributed by atoms with Crippen molar-refractivity contribution >= 4 is 17.5 Å². The van der Waals surface area contributed by atoms with E-state index in [0.717, 1.165) is 44.9 Å². The quantitative estimate of drug-likeness (QED) is 0.431. The fourth-order valence-electron chi connectivity index (χ4n) is 11.3. The van der Waals surface area contributed by atoms with Crippen molar-refractivity contribution in [2.45, 2.75) is 113 Å². The molecule has 214 valence electrons. The van der Waals surface area contributed by atoms with Gasteiger partial charge in [0.2, 0.25) is 5.91 Å². The Morgan fingerprint density at radius 3 is 2.28 bits per heavy atom. The Balaban J connectivity index is 1.60. The van der Waals surface area contributed by atoms with Gasteiger partial charge in [0.05, 0.1) is 5.57 Å². The monoisotopic (exact) mass is 534 g/mol. The van der Waals surface area contributed by atoms with Crippen molar-refractivity contribution in [1.82, 2.24) is 5.32 Å². The lowest BCUT2D eigenvalue weighted by molar-refractivity contribution is -0.223. The standard InChI is InChI=1S/C34H50N2O3/c1-9-36-26(38)19-34-14-12-29(2,3)18-22(34)27-23(37)16-25-31(6)17-21(20-35)28(39)30(4,5)24(31)10-11-32(25,7)33(27,8)13-15-34/h17,22,24-25,27H,9-16,18-19H2,1-8H3,(H,36,38)/t22-,24+,25-,27+,31+,32-,33-,34+/m1/s1. The number of rotatable bonds is 3. The van der Waals surface area contributed by atoms with Crippen LogP contribution >= 0.6 is 0 Å². The lowest BCUT2D eigenvalue weighted by atomic mass is 9.31. The molecule has 0 unspecified atom stereocenters. The van der Waals surface area contributed by atoms with Gasteiger partial charge in [0.15, 0.2) is 5.78 Å². The van der Waals surface area contributed by atoms with Crippen LogP contribution < -0.4 is 5.32 Å². The largest absolute Gasteiger partial charge is 0.356 e. The lowest BCUT2D eigenvalue weighted by Crippen LogP contribution is -2.68. The maximum atomic E-state index is 14.6. The summed E-state index contributed by atoms with van der Waals surface area (Å²) in [5, 5.41) is 13.0. The van der Waals surface area contributed by atoms with Gasteiger partial charge in [0.1, 0.15) is 11.9 Å². The van der Waals surface area contributed by atoms with Crippen molar-refractivity contribution in [2.75, 3.05) is 6.54 Å². The summed E-state index contributed by atoms with van der Waals surface area (Å²) in [7, 11) is 0. The molecule has 0 aliphatic heterocycles. The van der Waals surface area contributed by atoms with Crippen LogP contribution in [-0.2, 0) is 14.4 Å². The molecule has 4 fully saturated rings. The number of ketones is 2. The van der Waals surface area contributed by atoms with Crippen LogP contribution in [0.5, 0.6) is 0 Å². The molecule has 39 heavy (non-hydrogen) atoms. The number of fused-ring (bicyclic) bond motifs is 7. The number of nitriles is 1. The van der Waals surface area contributed by atoms with E-state index in [9.17, 15) is 19.6 Å². The van der Waals surface area contributed by atoms with Crippen molar-refractivity contribution in [1.29, 1.82) is 5.26 Å². The average molecular weight is 535 g/mol. The van der Waals surface area contributed by atoms with Crippen LogP contribution in [0.3, 0.4) is 0 Å². The van der Waals surface area contributed by atoms with Gasteiger partial charge in [0, 0.05) is 30.7 Å². The second-order valence-corrected chi connectivity index (χ2v) is 16.2. The van der Waals surface area contributed by atoms with Gasteiger partial charge in [-0.05, 0) is 96.7 Å². The Hall–Kier alpha value is -1.96. The molecular formula is C34H50N2O3. The fourth-order valence-corrected chi connectivity index (χ4v) is 11.3. The molecule has 4 saturated carbocycles. The maximum Gasteiger partial charge on any atom is 0.220 e. The molecule has 1 N–H and O–H groups in total. The molecule has 0 saturated heterocycles. The highest BCUT2D eigenvalue weighted by Crippen LogP contribution is 2.76. The number of amides is 1. The molecule has 0 aromatic carbocycles.